The molecule has 4 aromatic rings. The first kappa shape index (κ1) is 25.4. The molecule has 0 saturated heterocycles. The third-order valence-corrected chi connectivity index (χ3v) is 6.81. The van der Waals surface area contributed by atoms with Crippen molar-refractivity contribution in [1.82, 2.24) is 10.2 Å². The summed E-state index contributed by atoms with van der Waals surface area (Å²) in [5.74, 6) is -0.699. The molecule has 0 fully saturated rings. The summed E-state index contributed by atoms with van der Waals surface area (Å²) in [7, 11) is 1.52. The Morgan fingerprint density at radius 2 is 1.64 bits per heavy atom. The van der Waals surface area contributed by atoms with Gasteiger partial charge in [0.05, 0.1) is 4.47 Å². The number of carbonyl (C=O) groups excluding carboxylic acids is 2. The van der Waals surface area contributed by atoms with E-state index in [-0.39, 0.29) is 25.5 Å². The Kier molecular flexibility index (Phi) is 8.33. The van der Waals surface area contributed by atoms with E-state index >= 15 is 0 Å². The number of fused-ring (bicyclic) bond motifs is 1. The molecule has 2 amide bonds. The molecule has 1 N–H and O–H groups in total. The van der Waals surface area contributed by atoms with Crippen molar-refractivity contribution in [3.05, 3.63) is 112 Å². The van der Waals surface area contributed by atoms with Gasteiger partial charge in [-0.15, -0.1) is 0 Å². The quantitative estimate of drug-likeness (QED) is 0.300. The van der Waals surface area contributed by atoms with Crippen molar-refractivity contribution in [2.75, 3.05) is 13.7 Å². The van der Waals surface area contributed by atoms with Crippen molar-refractivity contribution >= 4 is 38.5 Å². The molecular weight excluding hydrogens is 523 g/mol. The van der Waals surface area contributed by atoms with Crippen LogP contribution in [0.4, 0.5) is 4.39 Å². The molecule has 0 radical (unpaired) electrons. The van der Waals surface area contributed by atoms with Crippen LogP contribution >= 0.6 is 15.9 Å². The van der Waals surface area contributed by atoms with Gasteiger partial charge in [0.25, 0.3) is 5.91 Å². The highest BCUT2D eigenvalue weighted by Crippen LogP contribution is 2.33. The lowest BCUT2D eigenvalue weighted by Crippen LogP contribution is -2.51. The topological polar surface area (TPSA) is 58.6 Å². The van der Waals surface area contributed by atoms with Crippen molar-refractivity contribution < 1.29 is 18.7 Å². The summed E-state index contributed by atoms with van der Waals surface area (Å²) in [6, 6.07) is 26.3. The summed E-state index contributed by atoms with van der Waals surface area (Å²) in [5, 5.41) is 4.64. The Labute approximate surface area is 218 Å². The van der Waals surface area contributed by atoms with Gasteiger partial charge in [0, 0.05) is 25.6 Å². The van der Waals surface area contributed by atoms with E-state index in [0.717, 1.165) is 20.8 Å². The summed E-state index contributed by atoms with van der Waals surface area (Å²) < 4.78 is 21.2. The number of likely N-dealkylation sites (N-methyl/N-ethyl adjacent to an activating group) is 1. The second-order valence-electron chi connectivity index (χ2n) is 8.32. The van der Waals surface area contributed by atoms with Gasteiger partial charge in [-0.2, -0.15) is 0 Å². The molecule has 4 aromatic carbocycles. The van der Waals surface area contributed by atoms with E-state index in [9.17, 15) is 14.0 Å². The van der Waals surface area contributed by atoms with Crippen LogP contribution in [0.5, 0.6) is 5.75 Å². The average molecular weight is 549 g/mol. The second kappa shape index (κ2) is 11.8. The molecule has 0 saturated carbocycles. The molecule has 7 heteroatoms. The number of rotatable bonds is 9. The molecule has 0 unspecified atom stereocenters. The lowest BCUT2D eigenvalue weighted by Gasteiger charge is -2.31. The molecule has 0 aliphatic heterocycles. The van der Waals surface area contributed by atoms with E-state index in [0.29, 0.717) is 11.3 Å². The highest BCUT2D eigenvalue weighted by Gasteiger charge is 2.30. The van der Waals surface area contributed by atoms with E-state index in [1.54, 1.807) is 24.3 Å². The Balaban J connectivity index is 1.62. The standard InChI is InChI=1S/C29H26BrFN2O3/c1-32-29(35)25(17-20-9-3-2-4-10-20)33(18-22-12-6-8-14-24(22)31)27(34)19-36-26-16-15-21-11-5-7-13-23(21)28(26)30/h2-16,25H,17-19H2,1H3,(H,32,35)/t25-/m0/s1. The SMILES string of the molecule is CNC(=O)[C@H](Cc1ccccc1)N(Cc1ccccc1F)C(=O)COc1ccc2ccccc2c1Br. The van der Waals surface area contributed by atoms with Gasteiger partial charge in [-0.25, -0.2) is 4.39 Å². The fraction of sp³-hybridized carbons (Fsp3) is 0.172. The first-order valence-corrected chi connectivity index (χ1v) is 12.4. The van der Waals surface area contributed by atoms with E-state index in [4.69, 9.17) is 4.74 Å². The van der Waals surface area contributed by atoms with Crippen LogP contribution in [0.3, 0.4) is 0 Å². The predicted octanol–water partition coefficient (Wildman–Crippen LogP) is 5.51. The normalized spacial score (nSPS) is 11.6. The molecule has 0 bridgehead atoms. The molecule has 4 rings (SSSR count). The largest absolute Gasteiger partial charge is 0.483 e. The minimum absolute atomic E-state index is 0.0708. The van der Waals surface area contributed by atoms with Crippen LogP contribution in [-0.2, 0) is 22.6 Å². The van der Waals surface area contributed by atoms with Crippen LogP contribution in [0, 0.1) is 5.82 Å². The number of nitrogens with one attached hydrogen (secondary N) is 1. The summed E-state index contributed by atoms with van der Waals surface area (Å²) in [6.07, 6.45) is 0.278. The van der Waals surface area contributed by atoms with Crippen molar-refractivity contribution in [2.45, 2.75) is 19.0 Å². The van der Waals surface area contributed by atoms with Gasteiger partial charge < -0.3 is 15.0 Å². The fourth-order valence-corrected chi connectivity index (χ4v) is 4.69. The number of amides is 2. The van der Waals surface area contributed by atoms with Gasteiger partial charge in [-0.05, 0) is 44.4 Å². The molecule has 0 heterocycles. The molecule has 36 heavy (non-hydrogen) atoms. The van der Waals surface area contributed by atoms with Gasteiger partial charge in [0.2, 0.25) is 5.91 Å². The van der Waals surface area contributed by atoms with Crippen LogP contribution < -0.4 is 10.1 Å². The maximum absolute atomic E-state index is 14.6. The van der Waals surface area contributed by atoms with Crippen LogP contribution in [-0.4, -0.2) is 36.4 Å². The van der Waals surface area contributed by atoms with Gasteiger partial charge in [0.1, 0.15) is 17.6 Å². The molecule has 184 valence electrons. The highest BCUT2D eigenvalue weighted by molar-refractivity contribution is 9.10. The van der Waals surface area contributed by atoms with E-state index < -0.39 is 17.8 Å². The number of nitrogens with zero attached hydrogens (tertiary/aromatic N) is 1. The number of carbonyl (C=O) groups is 2. The summed E-state index contributed by atoms with van der Waals surface area (Å²) >= 11 is 3.58. The number of hydrogen-bond acceptors (Lipinski definition) is 3. The monoisotopic (exact) mass is 548 g/mol. The minimum atomic E-state index is -0.854. The molecule has 0 aliphatic rings. The maximum atomic E-state index is 14.6. The van der Waals surface area contributed by atoms with Crippen molar-refractivity contribution in [1.29, 1.82) is 0 Å². The van der Waals surface area contributed by atoms with Crippen LogP contribution in [0.1, 0.15) is 11.1 Å². The Hall–Kier alpha value is -3.71. The predicted molar refractivity (Wildman–Crippen MR) is 142 cm³/mol. The Morgan fingerprint density at radius 3 is 2.39 bits per heavy atom. The maximum Gasteiger partial charge on any atom is 0.261 e. The number of ether oxygens (including phenoxy) is 1. The fourth-order valence-electron chi connectivity index (χ4n) is 4.08. The van der Waals surface area contributed by atoms with Gasteiger partial charge >= 0.3 is 0 Å². The van der Waals surface area contributed by atoms with Crippen LogP contribution in [0.15, 0.2) is 95.5 Å². The molecule has 5 nitrogen and oxygen atoms in total. The van der Waals surface area contributed by atoms with Crippen LogP contribution in [0.2, 0.25) is 0 Å². The summed E-state index contributed by atoms with van der Waals surface area (Å²) in [5.41, 5.74) is 1.20. The summed E-state index contributed by atoms with van der Waals surface area (Å²) in [6.45, 7) is -0.383. The van der Waals surface area contributed by atoms with Gasteiger partial charge in [-0.3, -0.25) is 9.59 Å². The molecule has 0 aromatic heterocycles. The zero-order valence-electron chi connectivity index (χ0n) is 19.8. The summed E-state index contributed by atoms with van der Waals surface area (Å²) in [4.78, 5) is 27.9. The smallest absolute Gasteiger partial charge is 0.261 e. The molecule has 0 aliphatic carbocycles. The molecule has 1 atom stereocenters. The van der Waals surface area contributed by atoms with Crippen LogP contribution in [0.25, 0.3) is 10.8 Å². The highest BCUT2D eigenvalue weighted by atomic mass is 79.9. The van der Waals surface area contributed by atoms with E-state index in [1.807, 2.05) is 60.7 Å². The zero-order valence-corrected chi connectivity index (χ0v) is 21.4. The van der Waals surface area contributed by atoms with E-state index in [1.165, 1.54) is 18.0 Å². The van der Waals surface area contributed by atoms with Crippen molar-refractivity contribution in [2.24, 2.45) is 0 Å². The number of benzene rings is 4. The number of hydrogen-bond donors (Lipinski definition) is 1. The first-order chi connectivity index (χ1) is 17.5. The third kappa shape index (κ3) is 5.91. The Morgan fingerprint density at radius 1 is 0.944 bits per heavy atom. The second-order valence-corrected chi connectivity index (χ2v) is 9.11. The zero-order chi connectivity index (χ0) is 25.5. The lowest BCUT2D eigenvalue weighted by molar-refractivity contribution is -0.142. The lowest BCUT2D eigenvalue weighted by atomic mass is 10.0. The van der Waals surface area contributed by atoms with Gasteiger partial charge in [0.15, 0.2) is 6.61 Å². The first-order valence-electron chi connectivity index (χ1n) is 11.6. The third-order valence-electron chi connectivity index (χ3n) is 6.00. The molecule has 0 spiro atoms. The average Bonchev–Trinajstić information content (AvgIpc) is 2.91. The van der Waals surface area contributed by atoms with Crippen molar-refractivity contribution in [3.63, 3.8) is 0 Å². The minimum Gasteiger partial charge on any atom is -0.483 e. The Bertz CT molecular complexity index is 1360. The van der Waals surface area contributed by atoms with E-state index in [2.05, 4.69) is 21.2 Å². The van der Waals surface area contributed by atoms with Crippen molar-refractivity contribution in [3.8, 4) is 5.75 Å². The molecular formula is C29H26BrFN2O3. The van der Waals surface area contributed by atoms with Gasteiger partial charge in [-0.1, -0.05) is 78.9 Å². The number of halogens is 2.